The number of phenols is 1. The number of nitrogen functional groups attached to an aromatic ring is 1. The second kappa shape index (κ2) is 5.01. The zero-order chi connectivity index (χ0) is 13.1. The summed E-state index contributed by atoms with van der Waals surface area (Å²) in [7, 11) is 0. The number of hydrogen-bond acceptors (Lipinski definition) is 5. The fourth-order valence-electron chi connectivity index (χ4n) is 1.82. The second-order valence-electron chi connectivity index (χ2n) is 4.02. The van der Waals surface area contributed by atoms with Crippen LogP contribution in [-0.2, 0) is 6.42 Å². The summed E-state index contributed by atoms with van der Waals surface area (Å²) in [5, 5.41) is 9.49. The minimum atomic E-state index is 0.192. The standard InChI is InChI=1S/C13H16N4O/c1-3-11-8(2)12(17-14)16-13(15-11)9-5-4-6-10(18)7-9/h4-7,18H,3,14H2,1-2H3,(H,15,16,17). The molecule has 0 fully saturated rings. The van der Waals surface area contributed by atoms with E-state index in [1.54, 1.807) is 18.2 Å². The van der Waals surface area contributed by atoms with E-state index in [2.05, 4.69) is 15.4 Å². The second-order valence-corrected chi connectivity index (χ2v) is 4.02. The number of rotatable bonds is 3. The highest BCUT2D eigenvalue weighted by molar-refractivity contribution is 5.61. The Bertz CT molecular complexity index is 544. The summed E-state index contributed by atoms with van der Waals surface area (Å²) in [5.74, 6) is 6.82. The van der Waals surface area contributed by atoms with E-state index in [1.807, 2.05) is 19.9 Å². The summed E-state index contributed by atoms with van der Waals surface area (Å²) in [6.07, 6.45) is 0.800. The van der Waals surface area contributed by atoms with E-state index < -0.39 is 0 Å². The Morgan fingerprint density at radius 2 is 2.11 bits per heavy atom. The average molecular weight is 244 g/mol. The van der Waals surface area contributed by atoms with Gasteiger partial charge in [-0.1, -0.05) is 19.1 Å². The molecular formula is C13H16N4O. The third-order valence-electron chi connectivity index (χ3n) is 2.82. The molecule has 0 aliphatic heterocycles. The molecule has 2 rings (SSSR count). The van der Waals surface area contributed by atoms with Gasteiger partial charge in [0.15, 0.2) is 5.82 Å². The summed E-state index contributed by atoms with van der Waals surface area (Å²) in [6, 6.07) is 6.85. The predicted octanol–water partition coefficient (Wildman–Crippen LogP) is 2.01. The lowest BCUT2D eigenvalue weighted by Gasteiger charge is -2.11. The van der Waals surface area contributed by atoms with Gasteiger partial charge in [-0.15, -0.1) is 0 Å². The van der Waals surface area contributed by atoms with E-state index in [9.17, 15) is 5.11 Å². The van der Waals surface area contributed by atoms with E-state index in [0.717, 1.165) is 23.2 Å². The van der Waals surface area contributed by atoms with Gasteiger partial charge < -0.3 is 10.5 Å². The van der Waals surface area contributed by atoms with Crippen LogP contribution in [0, 0.1) is 6.92 Å². The number of phenolic OH excluding ortho intramolecular Hbond substituents is 1. The maximum absolute atomic E-state index is 9.49. The maximum atomic E-state index is 9.49. The number of hydrogen-bond donors (Lipinski definition) is 3. The molecule has 0 amide bonds. The Hall–Kier alpha value is -2.14. The largest absolute Gasteiger partial charge is 0.508 e. The normalized spacial score (nSPS) is 10.4. The van der Waals surface area contributed by atoms with Gasteiger partial charge in [-0.05, 0) is 25.5 Å². The van der Waals surface area contributed by atoms with Crippen molar-refractivity contribution in [3.63, 3.8) is 0 Å². The molecule has 0 aliphatic carbocycles. The Balaban J connectivity index is 2.58. The van der Waals surface area contributed by atoms with E-state index in [1.165, 1.54) is 0 Å². The number of aromatic nitrogens is 2. The molecular weight excluding hydrogens is 228 g/mol. The van der Waals surface area contributed by atoms with Gasteiger partial charge in [0.2, 0.25) is 0 Å². The van der Waals surface area contributed by atoms with E-state index in [0.29, 0.717) is 11.6 Å². The molecule has 0 saturated heterocycles. The molecule has 0 saturated carbocycles. The molecule has 1 aromatic heterocycles. The Labute approximate surface area is 106 Å². The topological polar surface area (TPSA) is 84.1 Å². The van der Waals surface area contributed by atoms with Crippen molar-refractivity contribution < 1.29 is 5.11 Å². The summed E-state index contributed by atoms with van der Waals surface area (Å²) in [6.45, 7) is 3.96. The molecule has 0 bridgehead atoms. The van der Waals surface area contributed by atoms with E-state index in [-0.39, 0.29) is 5.75 Å². The Kier molecular flexibility index (Phi) is 3.43. The molecule has 18 heavy (non-hydrogen) atoms. The van der Waals surface area contributed by atoms with Crippen LogP contribution in [0.4, 0.5) is 5.82 Å². The fourth-order valence-corrected chi connectivity index (χ4v) is 1.82. The monoisotopic (exact) mass is 244 g/mol. The predicted molar refractivity (Wildman–Crippen MR) is 71.1 cm³/mol. The minimum absolute atomic E-state index is 0.192. The number of nitrogens with one attached hydrogen (secondary N) is 1. The van der Waals surface area contributed by atoms with Gasteiger partial charge in [-0.25, -0.2) is 15.8 Å². The number of anilines is 1. The number of benzene rings is 1. The Morgan fingerprint density at radius 3 is 2.72 bits per heavy atom. The summed E-state index contributed by atoms with van der Waals surface area (Å²) < 4.78 is 0. The third kappa shape index (κ3) is 2.26. The molecule has 0 unspecified atom stereocenters. The number of nitrogens with two attached hydrogens (primary N) is 1. The van der Waals surface area contributed by atoms with Crippen LogP contribution in [0.1, 0.15) is 18.2 Å². The Morgan fingerprint density at radius 1 is 1.33 bits per heavy atom. The van der Waals surface area contributed by atoms with E-state index >= 15 is 0 Å². The SMILES string of the molecule is CCc1nc(-c2cccc(O)c2)nc(NN)c1C. The van der Waals surface area contributed by atoms with Crippen molar-refractivity contribution in [3.8, 4) is 17.1 Å². The van der Waals surface area contributed by atoms with Gasteiger partial charge in [-0.3, -0.25) is 0 Å². The van der Waals surface area contributed by atoms with Gasteiger partial charge in [0.1, 0.15) is 11.6 Å². The van der Waals surface area contributed by atoms with Crippen LogP contribution in [0.15, 0.2) is 24.3 Å². The maximum Gasteiger partial charge on any atom is 0.161 e. The number of aromatic hydroxyl groups is 1. The van der Waals surface area contributed by atoms with Gasteiger partial charge >= 0.3 is 0 Å². The molecule has 4 N–H and O–H groups in total. The fraction of sp³-hybridized carbons (Fsp3) is 0.231. The number of hydrazine groups is 1. The van der Waals surface area contributed by atoms with Crippen molar-refractivity contribution >= 4 is 5.82 Å². The zero-order valence-electron chi connectivity index (χ0n) is 10.4. The molecule has 0 spiro atoms. The van der Waals surface area contributed by atoms with Crippen LogP contribution in [0.3, 0.4) is 0 Å². The zero-order valence-corrected chi connectivity index (χ0v) is 10.4. The van der Waals surface area contributed by atoms with Crippen LogP contribution in [0.2, 0.25) is 0 Å². The lowest BCUT2D eigenvalue weighted by atomic mass is 10.1. The van der Waals surface area contributed by atoms with Crippen molar-refractivity contribution in [1.29, 1.82) is 0 Å². The molecule has 2 aromatic rings. The molecule has 0 aliphatic rings. The first-order valence-corrected chi connectivity index (χ1v) is 5.79. The molecule has 5 nitrogen and oxygen atoms in total. The quantitative estimate of drug-likeness (QED) is 0.568. The third-order valence-corrected chi connectivity index (χ3v) is 2.82. The van der Waals surface area contributed by atoms with Crippen molar-refractivity contribution in [3.05, 3.63) is 35.5 Å². The molecule has 5 heteroatoms. The smallest absolute Gasteiger partial charge is 0.161 e. The molecule has 0 radical (unpaired) electrons. The summed E-state index contributed by atoms with van der Waals surface area (Å²) in [4.78, 5) is 8.85. The molecule has 1 aromatic carbocycles. The van der Waals surface area contributed by atoms with Crippen LogP contribution in [0.5, 0.6) is 5.75 Å². The molecule has 1 heterocycles. The van der Waals surface area contributed by atoms with Crippen LogP contribution in [0.25, 0.3) is 11.4 Å². The summed E-state index contributed by atoms with van der Waals surface area (Å²) >= 11 is 0. The minimum Gasteiger partial charge on any atom is -0.508 e. The average Bonchev–Trinajstić information content (AvgIpc) is 2.39. The molecule has 0 atom stereocenters. The lowest BCUT2D eigenvalue weighted by Crippen LogP contribution is -2.13. The van der Waals surface area contributed by atoms with Crippen molar-refractivity contribution in [2.45, 2.75) is 20.3 Å². The number of aryl methyl sites for hydroxylation is 1. The first-order chi connectivity index (χ1) is 8.65. The van der Waals surface area contributed by atoms with Crippen LogP contribution < -0.4 is 11.3 Å². The van der Waals surface area contributed by atoms with Crippen molar-refractivity contribution in [1.82, 2.24) is 9.97 Å². The highest BCUT2D eigenvalue weighted by Crippen LogP contribution is 2.24. The molecule has 94 valence electrons. The van der Waals surface area contributed by atoms with Crippen LogP contribution >= 0.6 is 0 Å². The highest BCUT2D eigenvalue weighted by Gasteiger charge is 2.10. The number of nitrogens with zero attached hydrogens (tertiary/aromatic N) is 2. The first kappa shape index (κ1) is 12.3. The first-order valence-electron chi connectivity index (χ1n) is 5.79. The van der Waals surface area contributed by atoms with Gasteiger partial charge in [0.05, 0.1) is 0 Å². The van der Waals surface area contributed by atoms with Gasteiger partial charge in [-0.2, -0.15) is 0 Å². The van der Waals surface area contributed by atoms with Gasteiger partial charge in [0, 0.05) is 16.8 Å². The van der Waals surface area contributed by atoms with Crippen LogP contribution in [-0.4, -0.2) is 15.1 Å². The summed E-state index contributed by atoms with van der Waals surface area (Å²) in [5.41, 5.74) is 5.24. The lowest BCUT2D eigenvalue weighted by molar-refractivity contribution is 0.475. The van der Waals surface area contributed by atoms with E-state index in [4.69, 9.17) is 5.84 Å². The van der Waals surface area contributed by atoms with Crippen molar-refractivity contribution in [2.24, 2.45) is 5.84 Å². The highest BCUT2D eigenvalue weighted by atomic mass is 16.3. The van der Waals surface area contributed by atoms with Gasteiger partial charge in [0.25, 0.3) is 0 Å². The van der Waals surface area contributed by atoms with Crippen molar-refractivity contribution in [2.75, 3.05) is 5.43 Å².